The number of hydrogen-bond donors (Lipinski definition) is 1. The smallest absolute Gasteiger partial charge is 0.0241 e. The van der Waals surface area contributed by atoms with Crippen molar-refractivity contribution in [2.24, 2.45) is 17.6 Å². The highest BCUT2D eigenvalue weighted by Gasteiger charge is 2.20. The molecular weight excluding hydrogens is 184 g/mol. The Kier molecular flexibility index (Phi) is 8.07. The van der Waals surface area contributed by atoms with Gasteiger partial charge >= 0.3 is 0 Å². The van der Waals surface area contributed by atoms with Crippen molar-refractivity contribution in [3.63, 3.8) is 0 Å². The lowest BCUT2D eigenvalue weighted by Crippen LogP contribution is -2.46. The molecule has 0 aromatic rings. The Morgan fingerprint density at radius 1 is 1.07 bits per heavy atom. The van der Waals surface area contributed by atoms with Crippen LogP contribution in [0.15, 0.2) is 0 Å². The fourth-order valence-electron chi connectivity index (χ4n) is 2.22. The first-order valence-corrected chi connectivity index (χ1v) is 6.54. The van der Waals surface area contributed by atoms with Gasteiger partial charge in [-0.25, -0.2) is 0 Å². The van der Waals surface area contributed by atoms with Crippen LogP contribution in [0.25, 0.3) is 0 Å². The molecule has 1 unspecified atom stereocenters. The first-order chi connectivity index (χ1) is 7.10. The van der Waals surface area contributed by atoms with E-state index >= 15 is 0 Å². The van der Waals surface area contributed by atoms with Crippen LogP contribution in [0.5, 0.6) is 0 Å². The molecule has 2 nitrogen and oxygen atoms in total. The van der Waals surface area contributed by atoms with E-state index in [1.54, 1.807) is 0 Å². The summed E-state index contributed by atoms with van der Waals surface area (Å²) in [5.41, 5.74) is 5.87. The Morgan fingerprint density at radius 3 is 1.87 bits per heavy atom. The van der Waals surface area contributed by atoms with E-state index in [9.17, 15) is 0 Å². The lowest BCUT2D eigenvalue weighted by atomic mass is 9.98. The van der Waals surface area contributed by atoms with Crippen LogP contribution in [0.1, 0.15) is 47.5 Å². The zero-order valence-corrected chi connectivity index (χ0v) is 11.3. The predicted octanol–water partition coefficient (Wildman–Crippen LogP) is 2.73. The highest BCUT2D eigenvalue weighted by Crippen LogP contribution is 2.15. The van der Waals surface area contributed by atoms with Gasteiger partial charge in [0, 0.05) is 19.1 Å². The summed E-state index contributed by atoms with van der Waals surface area (Å²) in [4.78, 5) is 2.56. The monoisotopic (exact) mass is 214 g/mol. The minimum atomic E-state index is 0.551. The van der Waals surface area contributed by atoms with Crippen molar-refractivity contribution in [3.05, 3.63) is 0 Å². The Labute approximate surface area is 96.2 Å². The molecule has 1 atom stereocenters. The third-order valence-electron chi connectivity index (χ3n) is 3.53. The lowest BCUT2D eigenvalue weighted by molar-refractivity contribution is 0.139. The van der Waals surface area contributed by atoms with Crippen LogP contribution in [0, 0.1) is 11.8 Å². The summed E-state index contributed by atoms with van der Waals surface area (Å²) in [5.74, 6) is 1.49. The van der Waals surface area contributed by atoms with Gasteiger partial charge in [-0.15, -0.1) is 0 Å². The van der Waals surface area contributed by atoms with Crippen LogP contribution in [-0.2, 0) is 0 Å². The van der Waals surface area contributed by atoms with Crippen LogP contribution in [0.3, 0.4) is 0 Å². The molecular formula is C13H30N2. The average molecular weight is 214 g/mol. The molecule has 0 saturated heterocycles. The standard InChI is InChI=1S/C13H30N2/c1-6-12(7-2)10-15(8-3)13(9-14)11(4)5/h11-13H,6-10,14H2,1-5H3. The molecule has 0 aliphatic carbocycles. The Morgan fingerprint density at radius 2 is 1.60 bits per heavy atom. The zero-order valence-electron chi connectivity index (χ0n) is 11.3. The van der Waals surface area contributed by atoms with Gasteiger partial charge in [0.2, 0.25) is 0 Å². The Hall–Kier alpha value is -0.0800. The SMILES string of the molecule is CCC(CC)CN(CC)C(CN)C(C)C. The Bertz CT molecular complexity index is 141. The molecule has 0 fully saturated rings. The molecule has 92 valence electrons. The maximum atomic E-state index is 5.87. The fraction of sp³-hybridized carbons (Fsp3) is 1.00. The highest BCUT2D eigenvalue weighted by atomic mass is 15.2. The molecule has 0 aliphatic rings. The van der Waals surface area contributed by atoms with Gasteiger partial charge in [-0.3, -0.25) is 4.90 Å². The first-order valence-electron chi connectivity index (χ1n) is 6.54. The largest absolute Gasteiger partial charge is 0.329 e. The maximum Gasteiger partial charge on any atom is 0.0241 e. The second-order valence-corrected chi connectivity index (χ2v) is 4.82. The molecule has 0 heterocycles. The molecule has 15 heavy (non-hydrogen) atoms. The van der Waals surface area contributed by atoms with Crippen LogP contribution < -0.4 is 5.73 Å². The van der Waals surface area contributed by atoms with Crippen LogP contribution >= 0.6 is 0 Å². The molecule has 0 bridgehead atoms. The number of nitrogens with two attached hydrogens (primary N) is 1. The third-order valence-corrected chi connectivity index (χ3v) is 3.53. The van der Waals surface area contributed by atoms with Crippen molar-refractivity contribution in [1.82, 2.24) is 4.90 Å². The van der Waals surface area contributed by atoms with Gasteiger partial charge in [0.25, 0.3) is 0 Å². The van der Waals surface area contributed by atoms with Gasteiger partial charge in [0.05, 0.1) is 0 Å². The van der Waals surface area contributed by atoms with Crippen molar-refractivity contribution in [1.29, 1.82) is 0 Å². The van der Waals surface area contributed by atoms with E-state index in [1.165, 1.54) is 19.4 Å². The van der Waals surface area contributed by atoms with Crippen molar-refractivity contribution in [2.75, 3.05) is 19.6 Å². The second-order valence-electron chi connectivity index (χ2n) is 4.82. The maximum absolute atomic E-state index is 5.87. The number of nitrogens with zero attached hydrogens (tertiary/aromatic N) is 1. The fourth-order valence-corrected chi connectivity index (χ4v) is 2.22. The minimum absolute atomic E-state index is 0.551. The molecule has 0 aromatic carbocycles. The summed E-state index contributed by atoms with van der Waals surface area (Å²) in [7, 11) is 0. The molecule has 2 N–H and O–H groups in total. The topological polar surface area (TPSA) is 29.3 Å². The third kappa shape index (κ3) is 4.98. The van der Waals surface area contributed by atoms with Crippen molar-refractivity contribution < 1.29 is 0 Å². The summed E-state index contributed by atoms with van der Waals surface area (Å²) in [6.45, 7) is 14.5. The van der Waals surface area contributed by atoms with E-state index in [-0.39, 0.29) is 0 Å². The average Bonchev–Trinajstić information content (AvgIpc) is 2.23. The summed E-state index contributed by atoms with van der Waals surface area (Å²) in [6.07, 6.45) is 2.56. The van der Waals surface area contributed by atoms with Gasteiger partial charge < -0.3 is 5.73 Å². The molecule has 0 radical (unpaired) electrons. The van der Waals surface area contributed by atoms with Gasteiger partial charge in [0.1, 0.15) is 0 Å². The van der Waals surface area contributed by atoms with Crippen LogP contribution in [0.2, 0.25) is 0 Å². The molecule has 2 heteroatoms. The van der Waals surface area contributed by atoms with E-state index < -0.39 is 0 Å². The number of likely N-dealkylation sites (N-methyl/N-ethyl adjacent to an activating group) is 1. The lowest BCUT2D eigenvalue weighted by Gasteiger charge is -2.35. The van der Waals surface area contributed by atoms with E-state index in [4.69, 9.17) is 5.73 Å². The van der Waals surface area contributed by atoms with Crippen LogP contribution in [-0.4, -0.2) is 30.6 Å². The van der Waals surface area contributed by atoms with Crippen molar-refractivity contribution in [3.8, 4) is 0 Å². The van der Waals surface area contributed by atoms with Gasteiger partial charge in [-0.1, -0.05) is 47.5 Å². The van der Waals surface area contributed by atoms with Gasteiger partial charge in [-0.2, -0.15) is 0 Å². The summed E-state index contributed by atoms with van der Waals surface area (Å²) >= 11 is 0. The molecule has 0 aliphatic heterocycles. The van der Waals surface area contributed by atoms with Crippen molar-refractivity contribution in [2.45, 2.75) is 53.5 Å². The summed E-state index contributed by atoms with van der Waals surface area (Å²) in [5, 5.41) is 0. The van der Waals surface area contributed by atoms with Crippen LogP contribution in [0.4, 0.5) is 0 Å². The minimum Gasteiger partial charge on any atom is -0.329 e. The molecule has 0 aromatic heterocycles. The van der Waals surface area contributed by atoms with E-state index in [0.29, 0.717) is 12.0 Å². The van der Waals surface area contributed by atoms with Crippen molar-refractivity contribution >= 4 is 0 Å². The normalized spacial score (nSPS) is 14.2. The summed E-state index contributed by atoms with van der Waals surface area (Å²) in [6, 6.07) is 0.551. The van der Waals surface area contributed by atoms with E-state index in [2.05, 4.69) is 39.5 Å². The number of hydrogen-bond acceptors (Lipinski definition) is 2. The van der Waals surface area contributed by atoms with Gasteiger partial charge in [-0.05, 0) is 18.4 Å². The van der Waals surface area contributed by atoms with E-state index in [0.717, 1.165) is 19.0 Å². The van der Waals surface area contributed by atoms with E-state index in [1.807, 2.05) is 0 Å². The molecule has 0 rings (SSSR count). The molecule has 0 spiro atoms. The first kappa shape index (κ1) is 14.9. The number of rotatable bonds is 8. The molecule has 0 saturated carbocycles. The molecule has 0 amide bonds. The summed E-state index contributed by atoms with van der Waals surface area (Å²) < 4.78 is 0. The zero-order chi connectivity index (χ0) is 11.8. The highest BCUT2D eigenvalue weighted by molar-refractivity contribution is 4.76. The van der Waals surface area contributed by atoms with Gasteiger partial charge in [0.15, 0.2) is 0 Å². The quantitative estimate of drug-likeness (QED) is 0.673. The Balaban J connectivity index is 4.31. The second kappa shape index (κ2) is 8.12. The predicted molar refractivity (Wildman–Crippen MR) is 69.0 cm³/mol.